The van der Waals surface area contributed by atoms with Crippen molar-refractivity contribution in [3.8, 4) is 5.75 Å². The lowest BCUT2D eigenvalue weighted by molar-refractivity contribution is -0.120. The number of anilines is 1. The first-order chi connectivity index (χ1) is 14.4. The molecule has 0 spiro atoms. The normalized spacial score (nSPS) is 13.4. The molecule has 158 valence electrons. The predicted molar refractivity (Wildman–Crippen MR) is 105 cm³/mol. The van der Waals surface area contributed by atoms with E-state index >= 15 is 0 Å². The van der Waals surface area contributed by atoms with Gasteiger partial charge in [0.05, 0.1) is 6.54 Å². The SMILES string of the molecule is O=C(CNC(=O)c1ccc(N2CCCC2=O)cc1)NCc1cccc(OC(F)F)c1. The summed E-state index contributed by atoms with van der Waals surface area (Å²) >= 11 is 0. The highest BCUT2D eigenvalue weighted by molar-refractivity contribution is 5.98. The van der Waals surface area contributed by atoms with Gasteiger partial charge < -0.3 is 20.3 Å². The Morgan fingerprint density at radius 3 is 2.53 bits per heavy atom. The van der Waals surface area contributed by atoms with Crippen molar-refractivity contribution >= 4 is 23.4 Å². The van der Waals surface area contributed by atoms with E-state index in [0.29, 0.717) is 24.1 Å². The van der Waals surface area contributed by atoms with Crippen LogP contribution in [-0.4, -0.2) is 37.4 Å². The number of rotatable bonds is 8. The first-order valence-corrected chi connectivity index (χ1v) is 9.41. The summed E-state index contributed by atoms with van der Waals surface area (Å²) in [5.41, 5.74) is 1.69. The maximum atomic E-state index is 12.3. The van der Waals surface area contributed by atoms with Crippen molar-refractivity contribution in [2.75, 3.05) is 18.0 Å². The van der Waals surface area contributed by atoms with Crippen molar-refractivity contribution in [2.24, 2.45) is 0 Å². The molecule has 2 aromatic carbocycles. The number of halogens is 2. The second-order valence-electron chi connectivity index (χ2n) is 6.68. The van der Waals surface area contributed by atoms with Gasteiger partial charge in [-0.1, -0.05) is 12.1 Å². The van der Waals surface area contributed by atoms with Crippen molar-refractivity contribution in [2.45, 2.75) is 26.0 Å². The fourth-order valence-corrected chi connectivity index (χ4v) is 3.07. The average molecular weight is 417 g/mol. The van der Waals surface area contributed by atoms with E-state index in [0.717, 1.165) is 12.1 Å². The van der Waals surface area contributed by atoms with Crippen molar-refractivity contribution in [1.29, 1.82) is 0 Å². The van der Waals surface area contributed by atoms with Gasteiger partial charge in [0.1, 0.15) is 5.75 Å². The minimum Gasteiger partial charge on any atom is -0.435 e. The Morgan fingerprint density at radius 1 is 1.10 bits per heavy atom. The van der Waals surface area contributed by atoms with Gasteiger partial charge in [0.25, 0.3) is 5.91 Å². The van der Waals surface area contributed by atoms with Crippen molar-refractivity contribution in [3.63, 3.8) is 0 Å². The molecule has 7 nitrogen and oxygen atoms in total. The summed E-state index contributed by atoms with van der Waals surface area (Å²) in [5.74, 6) is -0.779. The smallest absolute Gasteiger partial charge is 0.387 e. The summed E-state index contributed by atoms with van der Waals surface area (Å²) in [7, 11) is 0. The van der Waals surface area contributed by atoms with E-state index in [2.05, 4.69) is 15.4 Å². The second-order valence-corrected chi connectivity index (χ2v) is 6.68. The predicted octanol–water partition coefficient (Wildman–Crippen LogP) is 2.46. The molecule has 1 saturated heterocycles. The molecule has 0 aromatic heterocycles. The molecule has 1 aliphatic heterocycles. The number of carbonyl (C=O) groups excluding carboxylic acids is 3. The number of benzene rings is 2. The van der Waals surface area contributed by atoms with Crippen LogP contribution in [0.5, 0.6) is 5.75 Å². The molecule has 0 bridgehead atoms. The first kappa shape index (κ1) is 21.2. The lowest BCUT2D eigenvalue weighted by atomic mass is 10.2. The minimum absolute atomic E-state index is 0.00382. The summed E-state index contributed by atoms with van der Waals surface area (Å²) in [5, 5.41) is 5.11. The molecular formula is C21H21F2N3O4. The standard InChI is InChI=1S/C21H21F2N3O4/c22-21(23)30-17-4-1-3-14(11-17)12-24-18(27)13-25-20(29)15-6-8-16(9-7-15)26-10-2-5-19(26)28/h1,3-4,6-9,11,21H,2,5,10,12-13H2,(H,24,27)(H,25,29). The van der Waals surface area contributed by atoms with Gasteiger partial charge in [-0.2, -0.15) is 8.78 Å². The van der Waals surface area contributed by atoms with Gasteiger partial charge in [0, 0.05) is 30.8 Å². The fourth-order valence-electron chi connectivity index (χ4n) is 3.07. The molecule has 2 N–H and O–H groups in total. The number of amides is 3. The Bertz CT molecular complexity index is 919. The summed E-state index contributed by atoms with van der Waals surface area (Å²) in [4.78, 5) is 37.6. The highest BCUT2D eigenvalue weighted by Gasteiger charge is 2.21. The largest absolute Gasteiger partial charge is 0.435 e. The molecule has 3 amide bonds. The third-order valence-corrected chi connectivity index (χ3v) is 4.54. The lowest BCUT2D eigenvalue weighted by Crippen LogP contribution is -2.36. The van der Waals surface area contributed by atoms with Crippen LogP contribution >= 0.6 is 0 Å². The summed E-state index contributed by atoms with van der Waals surface area (Å²) in [6.07, 6.45) is 1.35. The third-order valence-electron chi connectivity index (χ3n) is 4.54. The van der Waals surface area contributed by atoms with Crippen LogP contribution in [0.25, 0.3) is 0 Å². The van der Waals surface area contributed by atoms with E-state index in [4.69, 9.17) is 0 Å². The zero-order valence-electron chi connectivity index (χ0n) is 16.1. The van der Waals surface area contributed by atoms with Crippen molar-refractivity contribution in [1.82, 2.24) is 10.6 Å². The van der Waals surface area contributed by atoms with E-state index in [-0.39, 0.29) is 24.7 Å². The fraction of sp³-hybridized carbons (Fsp3) is 0.286. The number of nitrogens with zero attached hydrogens (tertiary/aromatic N) is 1. The number of carbonyl (C=O) groups is 3. The van der Waals surface area contributed by atoms with Crippen LogP contribution in [0.3, 0.4) is 0 Å². The van der Waals surface area contributed by atoms with Crippen molar-refractivity contribution < 1.29 is 27.9 Å². The van der Waals surface area contributed by atoms with E-state index in [1.807, 2.05) is 0 Å². The van der Waals surface area contributed by atoms with E-state index in [1.165, 1.54) is 12.1 Å². The number of hydrogen-bond acceptors (Lipinski definition) is 4. The molecule has 1 fully saturated rings. The zero-order chi connectivity index (χ0) is 21.5. The molecule has 2 aromatic rings. The molecule has 3 rings (SSSR count). The molecule has 9 heteroatoms. The van der Waals surface area contributed by atoms with Gasteiger partial charge >= 0.3 is 6.61 Å². The Hall–Kier alpha value is -3.49. The summed E-state index contributed by atoms with van der Waals surface area (Å²) in [6.45, 7) is -2.39. The summed E-state index contributed by atoms with van der Waals surface area (Å²) in [6, 6.07) is 12.6. The maximum absolute atomic E-state index is 12.3. The number of ether oxygens (including phenoxy) is 1. The maximum Gasteiger partial charge on any atom is 0.387 e. The highest BCUT2D eigenvalue weighted by atomic mass is 19.3. The van der Waals surface area contributed by atoms with Gasteiger partial charge in [-0.05, 0) is 48.4 Å². The van der Waals surface area contributed by atoms with Crippen LogP contribution < -0.4 is 20.3 Å². The Labute approximate surface area is 172 Å². The molecular weight excluding hydrogens is 396 g/mol. The van der Waals surface area contributed by atoms with Crippen molar-refractivity contribution in [3.05, 3.63) is 59.7 Å². The van der Waals surface area contributed by atoms with E-state index in [1.54, 1.807) is 41.3 Å². The van der Waals surface area contributed by atoms with Crippen LogP contribution in [-0.2, 0) is 16.1 Å². The van der Waals surface area contributed by atoms with Gasteiger partial charge in [0.2, 0.25) is 11.8 Å². The molecule has 0 atom stereocenters. The molecule has 30 heavy (non-hydrogen) atoms. The highest BCUT2D eigenvalue weighted by Crippen LogP contribution is 2.21. The molecule has 0 unspecified atom stereocenters. The molecule has 0 radical (unpaired) electrons. The van der Waals surface area contributed by atoms with Gasteiger partial charge in [-0.15, -0.1) is 0 Å². The molecule has 0 aliphatic carbocycles. The van der Waals surface area contributed by atoms with Crippen LogP contribution in [0.1, 0.15) is 28.8 Å². The lowest BCUT2D eigenvalue weighted by Gasteiger charge is -2.15. The van der Waals surface area contributed by atoms with Crippen LogP contribution in [0, 0.1) is 0 Å². The van der Waals surface area contributed by atoms with Gasteiger partial charge in [-0.3, -0.25) is 14.4 Å². The van der Waals surface area contributed by atoms with Crippen LogP contribution in [0.4, 0.5) is 14.5 Å². The average Bonchev–Trinajstić information content (AvgIpc) is 3.16. The zero-order valence-corrected chi connectivity index (χ0v) is 16.1. The van der Waals surface area contributed by atoms with Crippen LogP contribution in [0.15, 0.2) is 48.5 Å². The molecule has 0 saturated carbocycles. The third kappa shape index (κ3) is 5.76. The Balaban J connectivity index is 1.45. The quantitative estimate of drug-likeness (QED) is 0.691. The monoisotopic (exact) mass is 417 g/mol. The van der Waals surface area contributed by atoms with Gasteiger partial charge in [0.15, 0.2) is 0 Å². The van der Waals surface area contributed by atoms with E-state index < -0.39 is 18.4 Å². The van der Waals surface area contributed by atoms with Gasteiger partial charge in [-0.25, -0.2) is 0 Å². The van der Waals surface area contributed by atoms with E-state index in [9.17, 15) is 23.2 Å². The number of alkyl halides is 2. The first-order valence-electron chi connectivity index (χ1n) is 9.41. The Morgan fingerprint density at radius 2 is 1.87 bits per heavy atom. The number of hydrogen-bond donors (Lipinski definition) is 2. The Kier molecular flexibility index (Phi) is 6.95. The number of nitrogens with one attached hydrogen (secondary N) is 2. The summed E-state index contributed by atoms with van der Waals surface area (Å²) < 4.78 is 28.8. The molecule has 1 aliphatic rings. The topological polar surface area (TPSA) is 87.7 Å². The second kappa shape index (κ2) is 9.82. The van der Waals surface area contributed by atoms with Crippen LogP contribution in [0.2, 0.25) is 0 Å². The minimum atomic E-state index is -2.92. The molecule has 1 heterocycles.